The van der Waals surface area contributed by atoms with E-state index in [1.807, 2.05) is 24.3 Å². The monoisotopic (exact) mass is 362 g/mol. The first-order chi connectivity index (χ1) is 12.7. The number of ether oxygens (including phenoxy) is 3. The summed E-state index contributed by atoms with van der Waals surface area (Å²) in [5.74, 6) is 0.933. The molecule has 1 aliphatic rings. The zero-order valence-corrected chi connectivity index (χ0v) is 16.4. The molecule has 26 heavy (non-hydrogen) atoms. The van der Waals surface area contributed by atoms with Crippen LogP contribution < -0.4 is 4.74 Å². The number of hydrogen-bond acceptors (Lipinski definition) is 4. The summed E-state index contributed by atoms with van der Waals surface area (Å²) in [7, 11) is 0. The number of carbonyl (C=O) groups excluding carboxylic acids is 1. The van der Waals surface area contributed by atoms with Crippen LogP contribution >= 0.6 is 0 Å². The Hall–Kier alpha value is -1.39. The maximum absolute atomic E-state index is 11.8. The normalized spacial score (nSPS) is 20.1. The van der Waals surface area contributed by atoms with Crippen LogP contribution in [-0.4, -0.2) is 19.2 Å². The van der Waals surface area contributed by atoms with Gasteiger partial charge in [0.05, 0.1) is 13.2 Å². The summed E-state index contributed by atoms with van der Waals surface area (Å²) in [6.45, 7) is 5.88. The first-order valence-electron chi connectivity index (χ1n) is 10.3. The molecule has 4 heteroatoms. The number of rotatable bonds is 11. The highest BCUT2D eigenvalue weighted by Gasteiger charge is 2.23. The Morgan fingerprint density at radius 3 is 2.27 bits per heavy atom. The molecule has 4 nitrogen and oxygen atoms in total. The van der Waals surface area contributed by atoms with Crippen LogP contribution in [0.3, 0.4) is 0 Å². The van der Waals surface area contributed by atoms with Crippen molar-refractivity contribution in [1.82, 2.24) is 0 Å². The van der Waals surface area contributed by atoms with Gasteiger partial charge in [0.15, 0.2) is 6.29 Å². The van der Waals surface area contributed by atoms with E-state index >= 15 is 0 Å². The van der Waals surface area contributed by atoms with Crippen molar-refractivity contribution >= 4 is 5.97 Å². The minimum atomic E-state index is -0.309. The third-order valence-corrected chi connectivity index (χ3v) is 4.80. The highest BCUT2D eigenvalue weighted by atomic mass is 16.7. The Balaban J connectivity index is 1.71. The van der Waals surface area contributed by atoms with Gasteiger partial charge in [0.25, 0.3) is 0 Å². The van der Waals surface area contributed by atoms with Crippen LogP contribution in [0.15, 0.2) is 24.3 Å². The Bertz CT molecular complexity index is 503. The van der Waals surface area contributed by atoms with Crippen molar-refractivity contribution in [3.63, 3.8) is 0 Å². The van der Waals surface area contributed by atoms with E-state index in [4.69, 9.17) is 14.2 Å². The molecule has 146 valence electrons. The van der Waals surface area contributed by atoms with Crippen molar-refractivity contribution in [2.24, 2.45) is 5.92 Å². The number of carbonyl (C=O) groups is 1. The van der Waals surface area contributed by atoms with Gasteiger partial charge in [-0.1, -0.05) is 64.5 Å². The van der Waals surface area contributed by atoms with Gasteiger partial charge in [-0.15, -0.1) is 0 Å². The molecule has 2 rings (SSSR count). The lowest BCUT2D eigenvalue weighted by Crippen LogP contribution is -2.27. The third kappa shape index (κ3) is 7.46. The van der Waals surface area contributed by atoms with Crippen molar-refractivity contribution in [1.29, 1.82) is 0 Å². The molecule has 1 aliphatic heterocycles. The van der Waals surface area contributed by atoms with E-state index in [0.717, 1.165) is 31.6 Å². The molecule has 0 amide bonds. The van der Waals surface area contributed by atoms with Crippen molar-refractivity contribution in [2.45, 2.75) is 77.9 Å². The van der Waals surface area contributed by atoms with Crippen LogP contribution in [0.1, 0.15) is 83.5 Å². The molecule has 1 fully saturated rings. The second-order valence-corrected chi connectivity index (χ2v) is 7.21. The molecule has 0 saturated carbocycles. The van der Waals surface area contributed by atoms with E-state index in [1.54, 1.807) is 0 Å². The summed E-state index contributed by atoms with van der Waals surface area (Å²) >= 11 is 0. The SMILES string of the molecule is CCCCCCC(=O)Oc1ccc(C2OCC(CCCCC)CO2)cc1. The number of benzene rings is 1. The zero-order chi connectivity index (χ0) is 18.6. The molecule has 0 bridgehead atoms. The van der Waals surface area contributed by atoms with Crippen LogP contribution in [0.2, 0.25) is 0 Å². The van der Waals surface area contributed by atoms with Crippen LogP contribution in [-0.2, 0) is 14.3 Å². The molecular formula is C22H34O4. The Labute approximate surface area is 158 Å². The predicted molar refractivity (Wildman–Crippen MR) is 103 cm³/mol. The summed E-state index contributed by atoms with van der Waals surface area (Å²) in [5.41, 5.74) is 0.972. The van der Waals surface area contributed by atoms with Crippen LogP contribution in [0.5, 0.6) is 5.75 Å². The highest BCUT2D eigenvalue weighted by Crippen LogP contribution is 2.28. The molecule has 1 heterocycles. The second-order valence-electron chi connectivity index (χ2n) is 7.21. The molecule has 0 aromatic heterocycles. The van der Waals surface area contributed by atoms with Crippen molar-refractivity contribution < 1.29 is 19.0 Å². The maximum atomic E-state index is 11.8. The molecule has 1 aromatic carbocycles. The van der Waals surface area contributed by atoms with E-state index in [2.05, 4.69) is 13.8 Å². The van der Waals surface area contributed by atoms with E-state index in [9.17, 15) is 4.79 Å². The molecular weight excluding hydrogens is 328 g/mol. The molecule has 1 saturated heterocycles. The molecule has 0 radical (unpaired) electrons. The number of unbranched alkanes of at least 4 members (excludes halogenated alkanes) is 5. The summed E-state index contributed by atoms with van der Waals surface area (Å²) in [4.78, 5) is 11.8. The Morgan fingerprint density at radius 1 is 0.962 bits per heavy atom. The van der Waals surface area contributed by atoms with Crippen LogP contribution in [0.25, 0.3) is 0 Å². The fraction of sp³-hybridized carbons (Fsp3) is 0.682. The van der Waals surface area contributed by atoms with Gasteiger partial charge < -0.3 is 14.2 Å². The maximum Gasteiger partial charge on any atom is 0.311 e. The van der Waals surface area contributed by atoms with Gasteiger partial charge in [-0.05, 0) is 25.0 Å². The quantitative estimate of drug-likeness (QED) is 0.283. The largest absolute Gasteiger partial charge is 0.427 e. The third-order valence-electron chi connectivity index (χ3n) is 4.80. The molecule has 0 unspecified atom stereocenters. The van der Waals surface area contributed by atoms with Crippen LogP contribution in [0, 0.1) is 5.92 Å². The van der Waals surface area contributed by atoms with Gasteiger partial charge in [-0.3, -0.25) is 4.79 Å². The summed E-state index contributed by atoms with van der Waals surface area (Å²) in [6, 6.07) is 7.47. The number of esters is 1. The van der Waals surface area contributed by atoms with E-state index < -0.39 is 0 Å². The topological polar surface area (TPSA) is 44.8 Å². The van der Waals surface area contributed by atoms with E-state index in [1.165, 1.54) is 38.5 Å². The Morgan fingerprint density at radius 2 is 1.62 bits per heavy atom. The van der Waals surface area contributed by atoms with Crippen LogP contribution in [0.4, 0.5) is 0 Å². The van der Waals surface area contributed by atoms with Gasteiger partial charge in [0.1, 0.15) is 5.75 Å². The lowest BCUT2D eigenvalue weighted by atomic mass is 10.0. The van der Waals surface area contributed by atoms with E-state index in [-0.39, 0.29) is 12.3 Å². The smallest absolute Gasteiger partial charge is 0.311 e. The predicted octanol–water partition coefficient (Wildman–Crippen LogP) is 5.80. The van der Waals surface area contributed by atoms with Crippen molar-refractivity contribution in [2.75, 3.05) is 13.2 Å². The van der Waals surface area contributed by atoms with Gasteiger partial charge in [0, 0.05) is 17.9 Å². The average Bonchev–Trinajstić information content (AvgIpc) is 2.67. The second kappa shape index (κ2) is 12.1. The average molecular weight is 363 g/mol. The van der Waals surface area contributed by atoms with E-state index in [0.29, 0.717) is 18.1 Å². The zero-order valence-electron chi connectivity index (χ0n) is 16.4. The minimum Gasteiger partial charge on any atom is -0.427 e. The highest BCUT2D eigenvalue weighted by molar-refractivity contribution is 5.72. The summed E-state index contributed by atoms with van der Waals surface area (Å²) in [5, 5.41) is 0. The molecule has 0 N–H and O–H groups in total. The van der Waals surface area contributed by atoms with Gasteiger partial charge in [0.2, 0.25) is 0 Å². The van der Waals surface area contributed by atoms with Crippen molar-refractivity contribution in [3.05, 3.63) is 29.8 Å². The standard InChI is InChI=1S/C22H34O4/c1-3-5-7-9-11-21(23)26-20-14-12-19(13-15-20)22-24-16-18(17-25-22)10-8-6-4-2/h12-15,18,22H,3-11,16-17H2,1-2H3. The summed E-state index contributed by atoms with van der Waals surface area (Å²) in [6.07, 6.45) is 9.43. The molecule has 0 spiro atoms. The van der Waals surface area contributed by atoms with Crippen molar-refractivity contribution in [3.8, 4) is 5.75 Å². The first-order valence-corrected chi connectivity index (χ1v) is 10.3. The lowest BCUT2D eigenvalue weighted by Gasteiger charge is -2.29. The minimum absolute atomic E-state index is 0.158. The molecule has 0 atom stereocenters. The van der Waals surface area contributed by atoms with Gasteiger partial charge in [-0.25, -0.2) is 0 Å². The molecule has 1 aromatic rings. The first kappa shape index (κ1) is 20.9. The fourth-order valence-electron chi connectivity index (χ4n) is 3.16. The Kier molecular flexibility index (Phi) is 9.72. The lowest BCUT2D eigenvalue weighted by molar-refractivity contribution is -0.206. The van der Waals surface area contributed by atoms with Gasteiger partial charge in [-0.2, -0.15) is 0 Å². The summed E-state index contributed by atoms with van der Waals surface area (Å²) < 4.78 is 17.1. The van der Waals surface area contributed by atoms with Gasteiger partial charge >= 0.3 is 5.97 Å². The number of hydrogen-bond donors (Lipinski definition) is 0. The molecule has 0 aliphatic carbocycles. The fourth-order valence-corrected chi connectivity index (χ4v) is 3.16.